The Bertz CT molecular complexity index is 728. The summed E-state index contributed by atoms with van der Waals surface area (Å²) in [5.74, 6) is -1.37. The fraction of sp³-hybridized carbons (Fsp3) is 0.235. The molecule has 5 heteroatoms. The molecule has 3 rings (SSSR count). The maximum Gasteiger partial charge on any atom is 0.235 e. The van der Waals surface area contributed by atoms with Crippen molar-refractivity contribution in [3.63, 3.8) is 0 Å². The molecular weight excluding hydrogens is 308 g/mol. The fourth-order valence-corrected chi connectivity index (χ4v) is 2.98. The number of amides is 1. The van der Waals surface area contributed by atoms with E-state index in [9.17, 15) is 13.6 Å². The summed E-state index contributed by atoms with van der Waals surface area (Å²) in [4.78, 5) is 12.6. The van der Waals surface area contributed by atoms with Crippen LogP contribution in [0.25, 0.3) is 0 Å². The minimum atomic E-state index is -0.795. The van der Waals surface area contributed by atoms with E-state index in [0.717, 1.165) is 6.42 Å². The van der Waals surface area contributed by atoms with Crippen LogP contribution in [0.4, 0.5) is 14.5 Å². The van der Waals surface area contributed by atoms with Gasteiger partial charge in [-0.2, -0.15) is 0 Å². The Morgan fingerprint density at radius 1 is 1.14 bits per heavy atom. The van der Waals surface area contributed by atoms with Crippen LogP contribution in [0.15, 0.2) is 42.5 Å². The number of hydrogen-bond acceptors (Lipinski definition) is 1. The average Bonchev–Trinajstić information content (AvgIpc) is 2.43. The Labute approximate surface area is 132 Å². The van der Waals surface area contributed by atoms with Gasteiger partial charge in [-0.05, 0) is 42.7 Å². The third-order valence-electron chi connectivity index (χ3n) is 4.22. The highest BCUT2D eigenvalue weighted by molar-refractivity contribution is 6.31. The van der Waals surface area contributed by atoms with E-state index in [1.165, 1.54) is 24.3 Å². The number of nitrogens with one attached hydrogen (secondary N) is 1. The first-order valence-corrected chi connectivity index (χ1v) is 7.42. The van der Waals surface area contributed by atoms with Gasteiger partial charge in [-0.1, -0.05) is 36.2 Å². The summed E-state index contributed by atoms with van der Waals surface area (Å²) in [6.45, 7) is 0. The Hall–Kier alpha value is -1.94. The highest BCUT2D eigenvalue weighted by Gasteiger charge is 2.46. The SMILES string of the molecule is O=C(Nc1cccc(Cl)c1F)C1(c2cccc(F)c2)CCC1. The van der Waals surface area contributed by atoms with Crippen molar-refractivity contribution in [3.8, 4) is 0 Å². The van der Waals surface area contributed by atoms with Crippen molar-refractivity contribution in [2.24, 2.45) is 0 Å². The molecule has 0 heterocycles. The number of hydrogen-bond donors (Lipinski definition) is 1. The third-order valence-corrected chi connectivity index (χ3v) is 4.51. The van der Waals surface area contributed by atoms with Gasteiger partial charge in [-0.15, -0.1) is 0 Å². The van der Waals surface area contributed by atoms with Crippen LogP contribution in [0.5, 0.6) is 0 Å². The molecule has 0 radical (unpaired) electrons. The largest absolute Gasteiger partial charge is 0.323 e. The maximum absolute atomic E-state index is 13.9. The van der Waals surface area contributed by atoms with Gasteiger partial charge in [0.15, 0.2) is 5.82 Å². The van der Waals surface area contributed by atoms with Gasteiger partial charge in [0.2, 0.25) is 5.91 Å². The molecule has 0 aromatic heterocycles. The standard InChI is InChI=1S/C17H14ClF2NO/c18-13-6-2-7-14(15(13)20)21-16(22)17(8-3-9-17)11-4-1-5-12(19)10-11/h1-2,4-7,10H,3,8-9H2,(H,21,22). The van der Waals surface area contributed by atoms with Crippen LogP contribution in [-0.2, 0) is 10.2 Å². The highest BCUT2D eigenvalue weighted by atomic mass is 35.5. The van der Waals surface area contributed by atoms with Gasteiger partial charge < -0.3 is 5.32 Å². The van der Waals surface area contributed by atoms with E-state index < -0.39 is 11.2 Å². The smallest absolute Gasteiger partial charge is 0.235 e. The highest BCUT2D eigenvalue weighted by Crippen LogP contribution is 2.45. The van der Waals surface area contributed by atoms with Gasteiger partial charge in [0.1, 0.15) is 5.82 Å². The Morgan fingerprint density at radius 3 is 2.50 bits per heavy atom. The van der Waals surface area contributed by atoms with E-state index in [2.05, 4.69) is 5.32 Å². The molecule has 1 aliphatic rings. The molecule has 0 bridgehead atoms. The zero-order chi connectivity index (χ0) is 15.7. The first-order valence-electron chi connectivity index (χ1n) is 7.04. The van der Waals surface area contributed by atoms with Gasteiger partial charge >= 0.3 is 0 Å². The summed E-state index contributed by atoms with van der Waals surface area (Å²) < 4.78 is 27.4. The number of carbonyl (C=O) groups excluding carboxylic acids is 1. The summed E-state index contributed by atoms with van der Waals surface area (Å²) >= 11 is 5.72. The molecule has 0 unspecified atom stereocenters. The first kappa shape index (κ1) is 15.0. The van der Waals surface area contributed by atoms with E-state index in [4.69, 9.17) is 11.6 Å². The van der Waals surface area contributed by atoms with Gasteiger partial charge in [0, 0.05) is 0 Å². The predicted molar refractivity (Wildman–Crippen MR) is 82.0 cm³/mol. The van der Waals surface area contributed by atoms with Crippen molar-refractivity contribution >= 4 is 23.2 Å². The summed E-state index contributed by atoms with van der Waals surface area (Å²) in [5.41, 5.74) is -0.129. The van der Waals surface area contributed by atoms with E-state index in [-0.39, 0.29) is 22.4 Å². The van der Waals surface area contributed by atoms with Gasteiger partial charge in [-0.25, -0.2) is 8.78 Å². The number of carbonyl (C=O) groups is 1. The summed E-state index contributed by atoms with van der Waals surface area (Å²) in [6.07, 6.45) is 2.11. The maximum atomic E-state index is 13.9. The Kier molecular flexibility index (Phi) is 3.87. The molecule has 114 valence electrons. The molecular formula is C17H14ClF2NO. The molecule has 1 amide bonds. The zero-order valence-electron chi connectivity index (χ0n) is 11.7. The lowest BCUT2D eigenvalue weighted by atomic mass is 9.63. The topological polar surface area (TPSA) is 29.1 Å². The average molecular weight is 322 g/mol. The van der Waals surface area contributed by atoms with E-state index in [0.29, 0.717) is 18.4 Å². The number of halogens is 3. The van der Waals surface area contributed by atoms with Crippen LogP contribution in [-0.4, -0.2) is 5.91 Å². The molecule has 1 fully saturated rings. The second-order valence-corrected chi connectivity index (χ2v) is 5.91. The van der Waals surface area contributed by atoms with Crippen LogP contribution in [0.2, 0.25) is 5.02 Å². The minimum absolute atomic E-state index is 0.0418. The van der Waals surface area contributed by atoms with Crippen LogP contribution in [0, 0.1) is 11.6 Å². The quantitative estimate of drug-likeness (QED) is 0.874. The molecule has 0 spiro atoms. The lowest BCUT2D eigenvalue weighted by molar-refractivity contribution is -0.124. The van der Waals surface area contributed by atoms with Crippen molar-refractivity contribution in [3.05, 3.63) is 64.7 Å². The monoisotopic (exact) mass is 321 g/mol. The molecule has 2 nitrogen and oxygen atoms in total. The molecule has 0 saturated heterocycles. The lowest BCUT2D eigenvalue weighted by Crippen LogP contribution is -2.46. The minimum Gasteiger partial charge on any atom is -0.323 e. The molecule has 0 aliphatic heterocycles. The molecule has 0 atom stereocenters. The molecule has 1 saturated carbocycles. The Morgan fingerprint density at radius 2 is 1.86 bits per heavy atom. The first-order chi connectivity index (χ1) is 10.5. The Balaban J connectivity index is 1.91. The third kappa shape index (κ3) is 2.48. The number of anilines is 1. The number of benzene rings is 2. The molecule has 2 aromatic carbocycles. The predicted octanol–water partition coefficient (Wildman–Crippen LogP) is 4.68. The van der Waals surface area contributed by atoms with Crippen molar-refractivity contribution < 1.29 is 13.6 Å². The van der Waals surface area contributed by atoms with E-state index in [1.54, 1.807) is 18.2 Å². The summed E-state index contributed by atoms with van der Waals surface area (Å²) in [6, 6.07) is 10.5. The lowest BCUT2D eigenvalue weighted by Gasteiger charge is -2.40. The summed E-state index contributed by atoms with van der Waals surface area (Å²) in [5, 5.41) is 2.54. The van der Waals surface area contributed by atoms with Crippen molar-refractivity contribution in [2.45, 2.75) is 24.7 Å². The second kappa shape index (κ2) is 5.69. The van der Waals surface area contributed by atoms with Crippen molar-refractivity contribution in [1.82, 2.24) is 0 Å². The fourth-order valence-electron chi connectivity index (χ4n) is 2.81. The summed E-state index contributed by atoms with van der Waals surface area (Å²) in [7, 11) is 0. The van der Waals surface area contributed by atoms with Crippen LogP contribution in [0.1, 0.15) is 24.8 Å². The van der Waals surface area contributed by atoms with Gasteiger partial charge in [0.05, 0.1) is 16.1 Å². The second-order valence-electron chi connectivity index (χ2n) is 5.50. The molecule has 1 N–H and O–H groups in total. The normalized spacial score (nSPS) is 16.0. The van der Waals surface area contributed by atoms with E-state index in [1.807, 2.05) is 0 Å². The molecule has 2 aromatic rings. The molecule has 22 heavy (non-hydrogen) atoms. The van der Waals surface area contributed by atoms with Gasteiger partial charge in [-0.3, -0.25) is 4.79 Å². The van der Waals surface area contributed by atoms with Crippen LogP contribution >= 0.6 is 11.6 Å². The van der Waals surface area contributed by atoms with Crippen molar-refractivity contribution in [1.29, 1.82) is 0 Å². The van der Waals surface area contributed by atoms with Crippen molar-refractivity contribution in [2.75, 3.05) is 5.32 Å². The molecule has 1 aliphatic carbocycles. The van der Waals surface area contributed by atoms with Crippen LogP contribution < -0.4 is 5.32 Å². The van der Waals surface area contributed by atoms with Crippen LogP contribution in [0.3, 0.4) is 0 Å². The van der Waals surface area contributed by atoms with E-state index >= 15 is 0 Å². The zero-order valence-corrected chi connectivity index (χ0v) is 12.5. The number of rotatable bonds is 3. The van der Waals surface area contributed by atoms with Gasteiger partial charge in [0.25, 0.3) is 0 Å².